The minimum atomic E-state index is 0.352. The maximum absolute atomic E-state index is 5.59. The van der Waals surface area contributed by atoms with E-state index in [-0.39, 0.29) is 0 Å². The molecule has 0 amide bonds. The highest BCUT2D eigenvalue weighted by atomic mass is 15.1. The number of nitrogens with zero attached hydrogens (tertiary/aromatic N) is 2. The highest BCUT2D eigenvalue weighted by Gasteiger charge is 2.09. The first-order chi connectivity index (χ1) is 8.06. The third-order valence-corrected chi connectivity index (χ3v) is 2.75. The molecule has 1 unspecified atom stereocenters. The van der Waals surface area contributed by atoms with Crippen molar-refractivity contribution in [2.24, 2.45) is 5.73 Å². The molecule has 0 bridgehead atoms. The quantitative estimate of drug-likeness (QED) is 0.796. The summed E-state index contributed by atoms with van der Waals surface area (Å²) in [6.07, 6.45) is 2.02. The van der Waals surface area contributed by atoms with Crippen LogP contribution in [0.1, 0.15) is 51.0 Å². The first-order valence-corrected chi connectivity index (χ1v) is 6.39. The van der Waals surface area contributed by atoms with Crippen LogP contribution in [-0.2, 0) is 0 Å². The number of nitrogens with two attached hydrogens (primary N) is 1. The first kappa shape index (κ1) is 13.9. The highest BCUT2D eigenvalue weighted by molar-refractivity contribution is 5.37. The summed E-state index contributed by atoms with van der Waals surface area (Å²) in [4.78, 5) is 8.98. The van der Waals surface area contributed by atoms with Gasteiger partial charge in [-0.25, -0.2) is 9.97 Å². The van der Waals surface area contributed by atoms with E-state index in [9.17, 15) is 0 Å². The zero-order valence-corrected chi connectivity index (χ0v) is 11.3. The fourth-order valence-electron chi connectivity index (χ4n) is 1.71. The molecule has 3 N–H and O–H groups in total. The predicted molar refractivity (Wildman–Crippen MR) is 72.2 cm³/mol. The lowest BCUT2D eigenvalue weighted by Gasteiger charge is -2.17. The van der Waals surface area contributed by atoms with Crippen molar-refractivity contribution in [3.8, 4) is 0 Å². The third kappa shape index (κ3) is 4.30. The van der Waals surface area contributed by atoms with Crippen molar-refractivity contribution in [3.63, 3.8) is 0 Å². The average molecular weight is 236 g/mol. The number of aromatic nitrogens is 2. The second-order valence-electron chi connectivity index (χ2n) is 4.73. The summed E-state index contributed by atoms with van der Waals surface area (Å²) in [5.41, 5.74) is 6.60. The van der Waals surface area contributed by atoms with Crippen molar-refractivity contribution < 1.29 is 0 Å². The lowest BCUT2D eigenvalue weighted by molar-refractivity contribution is 0.637. The van der Waals surface area contributed by atoms with Gasteiger partial charge in [0.1, 0.15) is 11.6 Å². The molecule has 0 saturated carbocycles. The molecular weight excluding hydrogens is 212 g/mol. The molecule has 0 fully saturated rings. The van der Waals surface area contributed by atoms with Crippen LogP contribution in [0.4, 0.5) is 5.82 Å². The lowest BCUT2D eigenvalue weighted by atomic mass is 10.1. The average Bonchev–Trinajstić information content (AvgIpc) is 2.27. The van der Waals surface area contributed by atoms with Gasteiger partial charge in [0.25, 0.3) is 0 Å². The Kier molecular flexibility index (Phi) is 5.35. The van der Waals surface area contributed by atoms with Crippen LogP contribution >= 0.6 is 0 Å². The Labute approximate surface area is 104 Å². The Morgan fingerprint density at radius 2 is 2.06 bits per heavy atom. The Balaban J connectivity index is 2.82. The standard InChI is InChI=1S/C13H24N4/c1-5-11(6-7-14)16-12-8-10(4)15-13(17-12)9(2)3/h8-9,11H,5-7,14H2,1-4H3,(H,15,16,17). The highest BCUT2D eigenvalue weighted by Crippen LogP contribution is 2.15. The molecule has 1 rings (SSSR count). The maximum Gasteiger partial charge on any atom is 0.133 e. The van der Waals surface area contributed by atoms with Crippen LogP contribution in [0.25, 0.3) is 0 Å². The predicted octanol–water partition coefficient (Wildman–Crippen LogP) is 2.45. The van der Waals surface area contributed by atoms with E-state index in [1.54, 1.807) is 0 Å². The van der Waals surface area contributed by atoms with Crippen LogP contribution in [-0.4, -0.2) is 22.6 Å². The minimum Gasteiger partial charge on any atom is -0.367 e. The molecule has 1 aromatic heterocycles. The van der Waals surface area contributed by atoms with Gasteiger partial charge < -0.3 is 11.1 Å². The molecule has 0 aliphatic heterocycles. The van der Waals surface area contributed by atoms with E-state index in [0.29, 0.717) is 18.5 Å². The SMILES string of the molecule is CCC(CCN)Nc1cc(C)nc(C(C)C)n1. The van der Waals surface area contributed by atoms with Gasteiger partial charge in [0.2, 0.25) is 0 Å². The fourth-order valence-corrected chi connectivity index (χ4v) is 1.71. The summed E-state index contributed by atoms with van der Waals surface area (Å²) in [5.74, 6) is 2.17. The molecule has 0 spiro atoms. The summed E-state index contributed by atoms with van der Waals surface area (Å²) in [7, 11) is 0. The van der Waals surface area contributed by atoms with Crippen LogP contribution in [0.2, 0.25) is 0 Å². The molecule has 4 heteroatoms. The Morgan fingerprint density at radius 1 is 1.35 bits per heavy atom. The van der Waals surface area contributed by atoms with Crippen molar-refractivity contribution in [2.45, 2.75) is 52.5 Å². The maximum atomic E-state index is 5.59. The van der Waals surface area contributed by atoms with E-state index >= 15 is 0 Å². The zero-order valence-electron chi connectivity index (χ0n) is 11.3. The monoisotopic (exact) mass is 236 g/mol. The van der Waals surface area contributed by atoms with Crippen molar-refractivity contribution in [3.05, 3.63) is 17.6 Å². The summed E-state index contributed by atoms with van der Waals surface area (Å²) >= 11 is 0. The normalized spacial score (nSPS) is 12.8. The van der Waals surface area contributed by atoms with Gasteiger partial charge in [-0.15, -0.1) is 0 Å². The van der Waals surface area contributed by atoms with Gasteiger partial charge in [-0.2, -0.15) is 0 Å². The number of nitrogens with one attached hydrogen (secondary N) is 1. The number of hydrogen-bond acceptors (Lipinski definition) is 4. The summed E-state index contributed by atoms with van der Waals surface area (Å²) in [6.45, 7) is 9.07. The Bertz CT molecular complexity index is 349. The van der Waals surface area contributed by atoms with Crippen molar-refractivity contribution in [1.82, 2.24) is 9.97 Å². The van der Waals surface area contributed by atoms with Crippen LogP contribution in [0, 0.1) is 6.92 Å². The molecule has 0 radical (unpaired) electrons. The topological polar surface area (TPSA) is 63.8 Å². The number of anilines is 1. The van der Waals surface area contributed by atoms with Gasteiger partial charge in [-0.05, 0) is 26.3 Å². The van der Waals surface area contributed by atoms with E-state index in [2.05, 4.69) is 36.1 Å². The second-order valence-corrected chi connectivity index (χ2v) is 4.73. The molecule has 17 heavy (non-hydrogen) atoms. The molecule has 4 nitrogen and oxygen atoms in total. The molecule has 96 valence electrons. The number of rotatable bonds is 6. The van der Waals surface area contributed by atoms with Crippen molar-refractivity contribution in [1.29, 1.82) is 0 Å². The number of hydrogen-bond donors (Lipinski definition) is 2. The molecule has 1 aromatic rings. The Morgan fingerprint density at radius 3 is 2.59 bits per heavy atom. The smallest absolute Gasteiger partial charge is 0.133 e. The molecule has 0 aromatic carbocycles. The van der Waals surface area contributed by atoms with Crippen LogP contribution in [0.3, 0.4) is 0 Å². The molecular formula is C13H24N4. The van der Waals surface area contributed by atoms with Crippen molar-refractivity contribution >= 4 is 5.82 Å². The van der Waals surface area contributed by atoms with Crippen LogP contribution < -0.4 is 11.1 Å². The van der Waals surface area contributed by atoms with Gasteiger partial charge in [0, 0.05) is 23.7 Å². The van der Waals surface area contributed by atoms with Gasteiger partial charge in [-0.1, -0.05) is 20.8 Å². The summed E-state index contributed by atoms with van der Waals surface area (Å²) in [6, 6.07) is 2.39. The molecule has 0 saturated heterocycles. The summed E-state index contributed by atoms with van der Waals surface area (Å²) in [5, 5.41) is 3.43. The van der Waals surface area contributed by atoms with E-state index in [1.807, 2.05) is 13.0 Å². The summed E-state index contributed by atoms with van der Waals surface area (Å²) < 4.78 is 0. The molecule has 0 aliphatic carbocycles. The third-order valence-electron chi connectivity index (χ3n) is 2.75. The fraction of sp³-hybridized carbons (Fsp3) is 0.692. The molecule has 1 atom stereocenters. The molecule has 0 aliphatic rings. The second kappa shape index (κ2) is 6.55. The van der Waals surface area contributed by atoms with Gasteiger partial charge in [-0.3, -0.25) is 0 Å². The number of aryl methyl sites for hydroxylation is 1. The van der Waals surface area contributed by atoms with Crippen LogP contribution in [0.15, 0.2) is 6.07 Å². The van der Waals surface area contributed by atoms with E-state index < -0.39 is 0 Å². The minimum absolute atomic E-state index is 0.352. The lowest BCUT2D eigenvalue weighted by Crippen LogP contribution is -2.23. The molecule has 1 heterocycles. The van der Waals surface area contributed by atoms with Crippen molar-refractivity contribution in [2.75, 3.05) is 11.9 Å². The Hall–Kier alpha value is -1.16. The van der Waals surface area contributed by atoms with Gasteiger partial charge in [0.15, 0.2) is 0 Å². The largest absolute Gasteiger partial charge is 0.367 e. The zero-order chi connectivity index (χ0) is 12.8. The van der Waals surface area contributed by atoms with Gasteiger partial charge >= 0.3 is 0 Å². The van der Waals surface area contributed by atoms with E-state index in [0.717, 1.165) is 30.2 Å². The van der Waals surface area contributed by atoms with E-state index in [1.165, 1.54) is 0 Å². The van der Waals surface area contributed by atoms with Gasteiger partial charge in [0.05, 0.1) is 0 Å². The van der Waals surface area contributed by atoms with Crippen LogP contribution in [0.5, 0.6) is 0 Å². The van der Waals surface area contributed by atoms with E-state index in [4.69, 9.17) is 5.73 Å². The first-order valence-electron chi connectivity index (χ1n) is 6.39.